The largest absolute Gasteiger partial charge is 0.461 e. The number of ether oxygens (including phenoxy) is 1. The van der Waals surface area contributed by atoms with Gasteiger partial charge in [-0.3, -0.25) is 19.6 Å². The molecule has 0 saturated heterocycles. The molecule has 0 unspecified atom stereocenters. The van der Waals surface area contributed by atoms with Gasteiger partial charge in [-0.2, -0.15) is 0 Å². The van der Waals surface area contributed by atoms with Crippen LogP contribution in [-0.2, 0) is 19.1 Å². The molecular weight excluding hydrogens is 506 g/mol. The number of aliphatic hydroxyl groups is 2. The molecule has 4 saturated carbocycles. The molecule has 38 heavy (non-hydrogen) atoms. The SMILES string of the molecule is C=C[C@]1(C)C[C@@H](OC(=O)CS[C@H]2CC[C@H](N(O)C=O)C[C@@H]2O)[C@]2(C)[C@H](C)CC[C@]3(CCC(=O)[C@H]32)[C@@H](C)[C@@H]1O. The number of Topliss-reactive ketones (excluding diaryl/α,β-unsaturated/α-hetero) is 1. The first kappa shape index (κ1) is 29.6. The fourth-order valence-electron chi connectivity index (χ4n) is 8.49. The quantitative estimate of drug-likeness (QED) is 0.144. The van der Waals surface area contributed by atoms with E-state index in [1.165, 1.54) is 11.8 Å². The van der Waals surface area contributed by atoms with E-state index in [9.17, 15) is 29.8 Å². The second-order valence-corrected chi connectivity index (χ2v) is 14.2. The van der Waals surface area contributed by atoms with E-state index in [0.717, 1.165) is 19.3 Å². The van der Waals surface area contributed by atoms with Gasteiger partial charge in [-0.15, -0.1) is 18.3 Å². The smallest absolute Gasteiger partial charge is 0.316 e. The number of nitrogens with zero attached hydrogens (tertiary/aromatic N) is 1. The van der Waals surface area contributed by atoms with E-state index < -0.39 is 41.2 Å². The number of esters is 1. The number of aliphatic hydroxyl groups excluding tert-OH is 2. The van der Waals surface area contributed by atoms with Gasteiger partial charge < -0.3 is 14.9 Å². The Labute approximate surface area is 230 Å². The second-order valence-electron chi connectivity index (χ2n) is 12.9. The fourth-order valence-corrected chi connectivity index (χ4v) is 9.54. The lowest BCUT2D eigenvalue weighted by Crippen LogP contribution is -2.63. The molecule has 0 aromatic heterocycles. The second kappa shape index (κ2) is 10.9. The molecule has 0 aliphatic heterocycles. The summed E-state index contributed by atoms with van der Waals surface area (Å²) in [4.78, 5) is 37.7. The van der Waals surface area contributed by atoms with E-state index in [-0.39, 0.29) is 46.4 Å². The molecule has 0 aromatic carbocycles. The first-order valence-electron chi connectivity index (χ1n) is 14.1. The van der Waals surface area contributed by atoms with Gasteiger partial charge in [0.05, 0.1) is 24.0 Å². The van der Waals surface area contributed by atoms with Gasteiger partial charge in [-0.25, -0.2) is 5.06 Å². The van der Waals surface area contributed by atoms with Crippen LogP contribution in [0.15, 0.2) is 12.7 Å². The van der Waals surface area contributed by atoms with Crippen LogP contribution in [0.5, 0.6) is 0 Å². The summed E-state index contributed by atoms with van der Waals surface area (Å²) in [5.41, 5.74) is -1.54. The highest BCUT2D eigenvalue weighted by atomic mass is 32.2. The Bertz CT molecular complexity index is 946. The van der Waals surface area contributed by atoms with E-state index in [1.54, 1.807) is 6.08 Å². The van der Waals surface area contributed by atoms with Gasteiger partial charge in [0.15, 0.2) is 0 Å². The minimum absolute atomic E-state index is 0.0530. The average molecular weight is 552 g/mol. The Kier molecular flexibility index (Phi) is 8.45. The molecule has 4 rings (SSSR count). The van der Waals surface area contributed by atoms with Crippen molar-refractivity contribution in [2.24, 2.45) is 34.0 Å². The van der Waals surface area contributed by atoms with Crippen LogP contribution in [0.2, 0.25) is 0 Å². The number of rotatable bonds is 7. The van der Waals surface area contributed by atoms with Gasteiger partial charge >= 0.3 is 5.97 Å². The summed E-state index contributed by atoms with van der Waals surface area (Å²) in [7, 11) is 0. The first-order chi connectivity index (χ1) is 17.8. The maximum Gasteiger partial charge on any atom is 0.316 e. The van der Waals surface area contributed by atoms with Crippen molar-refractivity contribution in [1.29, 1.82) is 0 Å². The molecule has 0 aromatic rings. The Hall–Kier alpha value is -1.42. The molecule has 4 aliphatic rings. The zero-order valence-electron chi connectivity index (χ0n) is 23.2. The number of hydroxylamine groups is 2. The Morgan fingerprint density at radius 1 is 1.21 bits per heavy atom. The molecule has 0 spiro atoms. The molecule has 9 heteroatoms. The summed E-state index contributed by atoms with van der Waals surface area (Å²) in [5, 5.41) is 32.2. The standard InChI is InChI=1S/C29H45NO7S/c1-6-27(4)14-23(37-24(34)15-38-22-8-7-19(13-21(22)33)30(36)16-31)28(5)17(2)9-11-29(18(3)26(27)35)12-10-20(32)25(28)29/h6,16-19,21-23,25-26,33,35-36H,1,7-15H2,2-5H3/t17-,18+,19+,21+,22+,23-,25+,26+,27-,28+,29+/m1/s1. The van der Waals surface area contributed by atoms with Crippen molar-refractivity contribution >= 4 is 29.9 Å². The number of hydrogen-bond donors (Lipinski definition) is 3. The summed E-state index contributed by atoms with van der Waals surface area (Å²) in [6.45, 7) is 12.4. The van der Waals surface area contributed by atoms with Crippen molar-refractivity contribution in [3.63, 3.8) is 0 Å². The monoisotopic (exact) mass is 551 g/mol. The third-order valence-electron chi connectivity index (χ3n) is 11.2. The van der Waals surface area contributed by atoms with Gasteiger partial charge in [0.2, 0.25) is 6.41 Å². The summed E-state index contributed by atoms with van der Waals surface area (Å²) in [6.07, 6.45) is 4.94. The van der Waals surface area contributed by atoms with E-state index >= 15 is 0 Å². The van der Waals surface area contributed by atoms with Gasteiger partial charge in [0.25, 0.3) is 0 Å². The predicted molar refractivity (Wildman–Crippen MR) is 144 cm³/mol. The van der Waals surface area contributed by atoms with Gasteiger partial charge in [-0.1, -0.05) is 33.8 Å². The van der Waals surface area contributed by atoms with Crippen LogP contribution in [-0.4, -0.2) is 74.0 Å². The summed E-state index contributed by atoms with van der Waals surface area (Å²) >= 11 is 1.33. The van der Waals surface area contributed by atoms with Gasteiger partial charge in [0, 0.05) is 28.4 Å². The molecule has 3 N–H and O–H groups in total. The number of thioether (sulfide) groups is 1. The molecule has 214 valence electrons. The van der Waals surface area contributed by atoms with Crippen LogP contribution >= 0.6 is 11.8 Å². The van der Waals surface area contributed by atoms with Crippen molar-refractivity contribution in [1.82, 2.24) is 5.06 Å². The fraction of sp³-hybridized carbons (Fsp3) is 0.828. The lowest BCUT2D eigenvalue weighted by atomic mass is 9.44. The van der Waals surface area contributed by atoms with Crippen LogP contribution in [0, 0.1) is 34.0 Å². The van der Waals surface area contributed by atoms with E-state index in [4.69, 9.17) is 4.74 Å². The molecule has 2 bridgehead atoms. The molecule has 0 heterocycles. The molecule has 11 atom stereocenters. The molecular formula is C29H45NO7S. The van der Waals surface area contributed by atoms with Gasteiger partial charge in [0.1, 0.15) is 11.9 Å². The Morgan fingerprint density at radius 2 is 1.92 bits per heavy atom. The summed E-state index contributed by atoms with van der Waals surface area (Å²) in [6, 6.07) is -0.427. The number of carbonyl (C=O) groups excluding carboxylic acids is 3. The number of ketones is 1. The lowest BCUT2D eigenvalue weighted by Gasteiger charge is -2.61. The number of carbonyl (C=O) groups is 3. The topological polar surface area (TPSA) is 124 Å². The van der Waals surface area contributed by atoms with Crippen molar-refractivity contribution in [2.75, 3.05) is 5.75 Å². The molecule has 0 radical (unpaired) electrons. The maximum atomic E-state index is 13.5. The highest BCUT2D eigenvalue weighted by Crippen LogP contribution is 2.68. The normalized spacial score (nSPS) is 46.9. The average Bonchev–Trinajstić information content (AvgIpc) is 3.25. The van der Waals surface area contributed by atoms with Crippen molar-refractivity contribution < 1.29 is 34.5 Å². The van der Waals surface area contributed by atoms with E-state index in [2.05, 4.69) is 27.4 Å². The zero-order valence-corrected chi connectivity index (χ0v) is 24.0. The molecule has 8 nitrogen and oxygen atoms in total. The van der Waals surface area contributed by atoms with Crippen LogP contribution in [0.25, 0.3) is 0 Å². The molecule has 1 amide bonds. The minimum Gasteiger partial charge on any atom is -0.461 e. The van der Waals surface area contributed by atoms with Crippen LogP contribution < -0.4 is 0 Å². The van der Waals surface area contributed by atoms with E-state index in [1.807, 2.05) is 6.92 Å². The minimum atomic E-state index is -0.754. The van der Waals surface area contributed by atoms with Crippen molar-refractivity contribution in [3.05, 3.63) is 12.7 Å². The molecule has 4 aliphatic carbocycles. The first-order valence-corrected chi connectivity index (χ1v) is 15.1. The number of hydrogen-bond acceptors (Lipinski definition) is 8. The highest BCUT2D eigenvalue weighted by molar-refractivity contribution is 8.00. The predicted octanol–water partition coefficient (Wildman–Crippen LogP) is 3.76. The maximum absolute atomic E-state index is 13.5. The molecule has 4 fully saturated rings. The Balaban J connectivity index is 1.55. The van der Waals surface area contributed by atoms with Crippen molar-refractivity contribution in [2.45, 2.75) is 109 Å². The third-order valence-corrected chi connectivity index (χ3v) is 12.6. The third kappa shape index (κ3) is 4.75. The zero-order chi connectivity index (χ0) is 28.0. The summed E-state index contributed by atoms with van der Waals surface area (Å²) in [5.74, 6) is -0.288. The van der Waals surface area contributed by atoms with Crippen molar-refractivity contribution in [3.8, 4) is 0 Å². The van der Waals surface area contributed by atoms with Crippen LogP contribution in [0.3, 0.4) is 0 Å². The number of amides is 1. The highest BCUT2D eigenvalue weighted by Gasteiger charge is 2.68. The van der Waals surface area contributed by atoms with Gasteiger partial charge in [-0.05, 0) is 62.2 Å². The van der Waals surface area contributed by atoms with Crippen LogP contribution in [0.4, 0.5) is 0 Å². The summed E-state index contributed by atoms with van der Waals surface area (Å²) < 4.78 is 6.28. The van der Waals surface area contributed by atoms with E-state index in [0.29, 0.717) is 37.2 Å². The van der Waals surface area contributed by atoms with Crippen LogP contribution in [0.1, 0.15) is 79.1 Å². The lowest BCUT2D eigenvalue weighted by molar-refractivity contribution is -0.205. The Morgan fingerprint density at radius 3 is 2.55 bits per heavy atom.